The van der Waals surface area contributed by atoms with E-state index in [9.17, 15) is 19.7 Å². The highest BCUT2D eigenvalue weighted by atomic mass is 16.6. The van der Waals surface area contributed by atoms with Gasteiger partial charge in [0.15, 0.2) is 0 Å². The van der Waals surface area contributed by atoms with Crippen molar-refractivity contribution in [1.82, 2.24) is 4.90 Å². The molecule has 1 aromatic rings. The molecule has 1 saturated carbocycles. The van der Waals surface area contributed by atoms with Gasteiger partial charge in [-0.2, -0.15) is 0 Å². The highest BCUT2D eigenvalue weighted by Gasteiger charge is 2.27. The average molecular weight is 334 g/mol. The Morgan fingerprint density at radius 1 is 1.29 bits per heavy atom. The zero-order chi connectivity index (χ0) is 17.5. The van der Waals surface area contributed by atoms with Crippen LogP contribution in [0.15, 0.2) is 24.3 Å². The molecule has 0 bridgehead atoms. The maximum absolute atomic E-state index is 12.9. The van der Waals surface area contributed by atoms with Crippen molar-refractivity contribution in [3.8, 4) is 0 Å². The van der Waals surface area contributed by atoms with E-state index in [2.05, 4.69) is 4.74 Å². The third-order valence-corrected chi connectivity index (χ3v) is 4.36. The Hall–Kier alpha value is -2.44. The van der Waals surface area contributed by atoms with Crippen molar-refractivity contribution in [2.24, 2.45) is 0 Å². The first-order valence-corrected chi connectivity index (χ1v) is 8.15. The van der Waals surface area contributed by atoms with Crippen LogP contribution >= 0.6 is 0 Å². The van der Waals surface area contributed by atoms with E-state index in [4.69, 9.17) is 0 Å². The van der Waals surface area contributed by atoms with Gasteiger partial charge in [0.25, 0.3) is 11.6 Å². The number of nitrogens with zero attached hydrogens (tertiary/aromatic N) is 2. The normalized spacial score (nSPS) is 14.9. The molecule has 0 aromatic heterocycles. The number of esters is 1. The Bertz CT molecular complexity index is 611. The van der Waals surface area contributed by atoms with Crippen molar-refractivity contribution >= 4 is 17.6 Å². The van der Waals surface area contributed by atoms with Gasteiger partial charge in [-0.25, -0.2) is 0 Å². The molecule has 0 spiro atoms. The number of hydrogen-bond donors (Lipinski definition) is 0. The molecule has 1 aromatic carbocycles. The standard InChI is InChI=1S/C17H22N2O5/c1-24-16(20)10-11-18(14-7-3-2-4-8-14)17(21)13-6-5-9-15(12-13)19(22)23/h5-6,9,12,14H,2-4,7-8,10-11H2,1H3. The van der Waals surface area contributed by atoms with Crippen LogP contribution in [-0.2, 0) is 9.53 Å². The first-order chi connectivity index (χ1) is 11.5. The number of carbonyl (C=O) groups excluding carboxylic acids is 2. The second-order valence-corrected chi connectivity index (χ2v) is 5.92. The summed E-state index contributed by atoms with van der Waals surface area (Å²) in [6.45, 7) is 0.263. The molecule has 24 heavy (non-hydrogen) atoms. The third-order valence-electron chi connectivity index (χ3n) is 4.36. The van der Waals surface area contributed by atoms with Gasteiger partial charge in [0.05, 0.1) is 18.5 Å². The number of carbonyl (C=O) groups is 2. The molecule has 0 atom stereocenters. The number of hydrogen-bond acceptors (Lipinski definition) is 5. The smallest absolute Gasteiger partial charge is 0.307 e. The molecule has 2 rings (SSSR count). The van der Waals surface area contributed by atoms with Crippen LogP contribution in [0.1, 0.15) is 48.9 Å². The third kappa shape index (κ3) is 4.53. The van der Waals surface area contributed by atoms with Crippen molar-refractivity contribution in [2.75, 3.05) is 13.7 Å². The van der Waals surface area contributed by atoms with Crippen LogP contribution in [0.25, 0.3) is 0 Å². The monoisotopic (exact) mass is 334 g/mol. The van der Waals surface area contributed by atoms with Crippen LogP contribution in [0.2, 0.25) is 0 Å². The summed E-state index contributed by atoms with van der Waals surface area (Å²) in [4.78, 5) is 36.4. The molecule has 0 radical (unpaired) electrons. The predicted molar refractivity (Wildman–Crippen MR) is 87.6 cm³/mol. The molecule has 0 saturated heterocycles. The van der Waals surface area contributed by atoms with Crippen LogP contribution in [0.5, 0.6) is 0 Å². The molecule has 7 heteroatoms. The molecule has 0 N–H and O–H groups in total. The van der Waals surface area contributed by atoms with Gasteiger partial charge in [0.1, 0.15) is 0 Å². The van der Waals surface area contributed by atoms with Crippen molar-refractivity contribution in [3.05, 3.63) is 39.9 Å². The summed E-state index contributed by atoms with van der Waals surface area (Å²) in [6.07, 6.45) is 5.13. The van der Waals surface area contributed by atoms with Crippen LogP contribution in [0, 0.1) is 10.1 Å². The van der Waals surface area contributed by atoms with Crippen molar-refractivity contribution in [2.45, 2.75) is 44.6 Å². The van der Waals surface area contributed by atoms with Crippen molar-refractivity contribution in [3.63, 3.8) is 0 Å². The molecule has 130 valence electrons. The second-order valence-electron chi connectivity index (χ2n) is 5.92. The molecule has 0 heterocycles. The lowest BCUT2D eigenvalue weighted by Crippen LogP contribution is -2.42. The van der Waals surface area contributed by atoms with Crippen molar-refractivity contribution in [1.29, 1.82) is 0 Å². The fraction of sp³-hybridized carbons (Fsp3) is 0.529. The maximum atomic E-state index is 12.9. The van der Waals surface area contributed by atoms with E-state index in [1.807, 2.05) is 0 Å². The summed E-state index contributed by atoms with van der Waals surface area (Å²) >= 11 is 0. The number of amides is 1. The van der Waals surface area contributed by atoms with Crippen LogP contribution in [-0.4, -0.2) is 41.4 Å². The van der Waals surface area contributed by atoms with Gasteiger partial charge in [-0.3, -0.25) is 19.7 Å². The lowest BCUT2D eigenvalue weighted by Gasteiger charge is -2.34. The summed E-state index contributed by atoms with van der Waals surface area (Å²) in [5.41, 5.74) is 0.164. The summed E-state index contributed by atoms with van der Waals surface area (Å²) < 4.78 is 4.66. The minimum Gasteiger partial charge on any atom is -0.469 e. The predicted octanol–water partition coefficient (Wildman–Crippen LogP) is 2.93. The minimum atomic E-state index is -0.518. The summed E-state index contributed by atoms with van der Waals surface area (Å²) in [5, 5.41) is 10.9. The Morgan fingerprint density at radius 2 is 2.00 bits per heavy atom. The van der Waals surface area contributed by atoms with Gasteiger partial charge in [-0.05, 0) is 18.9 Å². The molecule has 1 fully saturated rings. The number of ether oxygens (including phenoxy) is 1. The fourth-order valence-corrected chi connectivity index (χ4v) is 3.07. The van der Waals surface area contributed by atoms with E-state index < -0.39 is 4.92 Å². The van der Waals surface area contributed by atoms with E-state index >= 15 is 0 Å². The van der Waals surface area contributed by atoms with Gasteiger partial charge in [0, 0.05) is 30.3 Å². The number of methoxy groups -OCH3 is 1. The molecule has 1 amide bonds. The topological polar surface area (TPSA) is 89.8 Å². The van der Waals surface area contributed by atoms with Gasteiger partial charge in [-0.15, -0.1) is 0 Å². The van der Waals surface area contributed by atoms with E-state index in [1.165, 1.54) is 25.3 Å². The second kappa shape index (κ2) is 8.42. The number of non-ortho nitro benzene ring substituents is 1. The lowest BCUT2D eigenvalue weighted by molar-refractivity contribution is -0.384. The first-order valence-electron chi connectivity index (χ1n) is 8.15. The highest BCUT2D eigenvalue weighted by molar-refractivity contribution is 5.95. The van der Waals surface area contributed by atoms with Crippen molar-refractivity contribution < 1.29 is 19.2 Å². The molecular weight excluding hydrogens is 312 g/mol. The zero-order valence-electron chi connectivity index (χ0n) is 13.8. The Morgan fingerprint density at radius 3 is 2.62 bits per heavy atom. The average Bonchev–Trinajstić information content (AvgIpc) is 2.62. The number of rotatable bonds is 6. The van der Waals surface area contributed by atoms with Crippen LogP contribution in [0.3, 0.4) is 0 Å². The van der Waals surface area contributed by atoms with E-state index in [-0.39, 0.29) is 42.1 Å². The molecule has 0 aliphatic heterocycles. The number of nitro benzene ring substituents is 1. The SMILES string of the molecule is COC(=O)CCN(C(=O)c1cccc([N+](=O)[O-])c1)C1CCCCC1. The van der Waals surface area contributed by atoms with E-state index in [1.54, 1.807) is 11.0 Å². The largest absolute Gasteiger partial charge is 0.469 e. The molecule has 1 aliphatic carbocycles. The summed E-state index contributed by atoms with van der Waals surface area (Å²) in [5.74, 6) is -0.642. The Balaban J connectivity index is 2.20. The maximum Gasteiger partial charge on any atom is 0.307 e. The molecular formula is C17H22N2O5. The van der Waals surface area contributed by atoms with Gasteiger partial charge >= 0.3 is 5.97 Å². The zero-order valence-corrected chi connectivity index (χ0v) is 13.8. The van der Waals surface area contributed by atoms with Crippen LogP contribution < -0.4 is 0 Å². The highest BCUT2D eigenvalue weighted by Crippen LogP contribution is 2.25. The number of nitro groups is 1. The Labute approximate surface area is 140 Å². The van der Waals surface area contributed by atoms with Gasteiger partial charge < -0.3 is 9.64 Å². The van der Waals surface area contributed by atoms with E-state index in [0.717, 1.165) is 32.1 Å². The fourth-order valence-electron chi connectivity index (χ4n) is 3.07. The quantitative estimate of drug-likeness (QED) is 0.453. The number of benzene rings is 1. The van der Waals surface area contributed by atoms with Gasteiger partial charge in [0.2, 0.25) is 0 Å². The first kappa shape index (κ1) is 17.9. The molecule has 7 nitrogen and oxygen atoms in total. The van der Waals surface area contributed by atoms with E-state index in [0.29, 0.717) is 0 Å². The molecule has 1 aliphatic rings. The van der Waals surface area contributed by atoms with Crippen LogP contribution in [0.4, 0.5) is 5.69 Å². The summed E-state index contributed by atoms with van der Waals surface area (Å²) in [7, 11) is 1.32. The molecule has 0 unspecified atom stereocenters. The van der Waals surface area contributed by atoms with Gasteiger partial charge in [-0.1, -0.05) is 25.3 Å². The minimum absolute atomic E-state index is 0.0650. The summed E-state index contributed by atoms with van der Waals surface area (Å²) in [6, 6.07) is 5.79. The lowest BCUT2D eigenvalue weighted by atomic mass is 9.93. The Kier molecular flexibility index (Phi) is 6.28.